The van der Waals surface area contributed by atoms with Crippen LogP contribution in [0.25, 0.3) is 0 Å². The molecule has 0 bridgehead atoms. The average Bonchev–Trinajstić information content (AvgIpc) is 2.18. The summed E-state index contributed by atoms with van der Waals surface area (Å²) in [5.41, 5.74) is 0. The summed E-state index contributed by atoms with van der Waals surface area (Å²) in [5, 5.41) is 0. The molecule has 0 aliphatic carbocycles. The van der Waals surface area contributed by atoms with Crippen LogP contribution in [0.2, 0.25) is 0 Å². The average molecular weight is 218 g/mol. The molecule has 84 valence electrons. The molecule has 1 fully saturated rings. The molecule has 0 N–H and O–H groups in total. The van der Waals surface area contributed by atoms with Gasteiger partial charge in [0.15, 0.2) is 0 Å². The van der Waals surface area contributed by atoms with Crippen LogP contribution in [0.4, 0.5) is 0 Å². The maximum atomic E-state index is 5.97. The normalized spacial score (nSPS) is 24.4. The molecule has 1 heterocycles. The highest BCUT2D eigenvalue weighted by molar-refractivity contribution is 6.18. The SMILES string of the molecule is CC(C)CCCN1CCCCC1CCl. The zero-order valence-electron chi connectivity index (χ0n) is 9.64. The van der Waals surface area contributed by atoms with Gasteiger partial charge in [-0.15, -0.1) is 11.6 Å². The highest BCUT2D eigenvalue weighted by Gasteiger charge is 2.20. The Morgan fingerprint density at radius 2 is 2.14 bits per heavy atom. The van der Waals surface area contributed by atoms with Gasteiger partial charge in [0.05, 0.1) is 0 Å². The second-order valence-corrected chi connectivity index (χ2v) is 5.18. The van der Waals surface area contributed by atoms with Crippen molar-refractivity contribution in [2.45, 2.75) is 52.0 Å². The van der Waals surface area contributed by atoms with Gasteiger partial charge in [-0.3, -0.25) is 4.90 Å². The third-order valence-corrected chi connectivity index (χ3v) is 3.51. The molecule has 1 atom stereocenters. The molecule has 0 aromatic carbocycles. The first kappa shape index (κ1) is 12.3. The van der Waals surface area contributed by atoms with Crippen molar-refractivity contribution in [2.75, 3.05) is 19.0 Å². The molecule has 14 heavy (non-hydrogen) atoms. The number of likely N-dealkylation sites (tertiary alicyclic amines) is 1. The van der Waals surface area contributed by atoms with Crippen LogP contribution in [0, 0.1) is 5.92 Å². The first-order valence-electron chi connectivity index (χ1n) is 6.04. The number of hydrogen-bond donors (Lipinski definition) is 0. The van der Waals surface area contributed by atoms with E-state index in [0.29, 0.717) is 6.04 Å². The van der Waals surface area contributed by atoms with Crippen LogP contribution in [0.1, 0.15) is 46.0 Å². The van der Waals surface area contributed by atoms with Crippen LogP contribution in [-0.4, -0.2) is 29.9 Å². The molecule has 1 saturated heterocycles. The summed E-state index contributed by atoms with van der Waals surface area (Å²) in [7, 11) is 0. The van der Waals surface area contributed by atoms with Crippen LogP contribution in [-0.2, 0) is 0 Å². The Labute approximate surface area is 93.8 Å². The summed E-state index contributed by atoms with van der Waals surface area (Å²) in [6.07, 6.45) is 6.74. The van der Waals surface area contributed by atoms with Crippen molar-refractivity contribution in [1.29, 1.82) is 0 Å². The van der Waals surface area contributed by atoms with Gasteiger partial charge in [0.25, 0.3) is 0 Å². The van der Waals surface area contributed by atoms with E-state index in [1.807, 2.05) is 0 Å². The standard InChI is InChI=1S/C12H24ClN/c1-11(2)6-5-9-14-8-4-3-7-12(14)10-13/h11-12H,3-10H2,1-2H3. The Bertz CT molecular complexity index is 147. The first-order valence-corrected chi connectivity index (χ1v) is 6.57. The number of nitrogens with zero attached hydrogens (tertiary/aromatic N) is 1. The fourth-order valence-electron chi connectivity index (χ4n) is 2.23. The Kier molecular flexibility index (Phi) is 5.88. The third-order valence-electron chi connectivity index (χ3n) is 3.15. The smallest absolute Gasteiger partial charge is 0.0379 e. The fourth-order valence-corrected chi connectivity index (χ4v) is 2.58. The van der Waals surface area contributed by atoms with E-state index >= 15 is 0 Å². The van der Waals surface area contributed by atoms with Gasteiger partial charge in [0.1, 0.15) is 0 Å². The van der Waals surface area contributed by atoms with Crippen LogP contribution in [0.3, 0.4) is 0 Å². The van der Waals surface area contributed by atoms with Gasteiger partial charge in [-0.25, -0.2) is 0 Å². The second kappa shape index (κ2) is 6.68. The van der Waals surface area contributed by atoms with Gasteiger partial charge in [-0.2, -0.15) is 0 Å². The van der Waals surface area contributed by atoms with Crippen LogP contribution >= 0.6 is 11.6 Å². The van der Waals surface area contributed by atoms with Crippen molar-refractivity contribution >= 4 is 11.6 Å². The van der Waals surface area contributed by atoms with Gasteiger partial charge in [-0.1, -0.05) is 20.3 Å². The summed E-state index contributed by atoms with van der Waals surface area (Å²) in [6, 6.07) is 0.664. The lowest BCUT2D eigenvalue weighted by atomic mass is 10.0. The van der Waals surface area contributed by atoms with Gasteiger partial charge in [-0.05, 0) is 44.7 Å². The van der Waals surface area contributed by atoms with Gasteiger partial charge in [0, 0.05) is 11.9 Å². The quantitative estimate of drug-likeness (QED) is 0.637. The molecule has 0 aromatic rings. The first-order chi connectivity index (χ1) is 6.74. The van der Waals surface area contributed by atoms with E-state index in [1.165, 1.54) is 45.2 Å². The predicted molar refractivity (Wildman–Crippen MR) is 64.0 cm³/mol. The predicted octanol–water partition coefficient (Wildman–Crippen LogP) is 3.52. The summed E-state index contributed by atoms with van der Waals surface area (Å²) in [4.78, 5) is 2.60. The molecular weight excluding hydrogens is 194 g/mol. The molecule has 1 aliphatic rings. The number of rotatable bonds is 5. The molecule has 0 saturated carbocycles. The molecule has 1 nitrogen and oxygen atoms in total. The lowest BCUT2D eigenvalue weighted by Crippen LogP contribution is -2.41. The molecule has 1 unspecified atom stereocenters. The van der Waals surface area contributed by atoms with Crippen molar-refractivity contribution in [2.24, 2.45) is 5.92 Å². The molecule has 2 heteroatoms. The maximum absolute atomic E-state index is 5.97. The Hall–Kier alpha value is 0.250. The minimum atomic E-state index is 0.664. The highest BCUT2D eigenvalue weighted by Crippen LogP contribution is 2.19. The van der Waals surface area contributed by atoms with Crippen molar-refractivity contribution < 1.29 is 0 Å². The van der Waals surface area contributed by atoms with Gasteiger partial charge in [0.2, 0.25) is 0 Å². The van der Waals surface area contributed by atoms with Crippen LogP contribution in [0.5, 0.6) is 0 Å². The topological polar surface area (TPSA) is 3.24 Å². The van der Waals surface area contributed by atoms with E-state index in [0.717, 1.165) is 11.8 Å². The van der Waals surface area contributed by atoms with E-state index < -0.39 is 0 Å². The third kappa shape index (κ3) is 4.18. The number of halogens is 1. The van der Waals surface area contributed by atoms with Crippen LogP contribution < -0.4 is 0 Å². The number of alkyl halides is 1. The molecule has 0 aromatic heterocycles. The van der Waals surface area contributed by atoms with E-state index in [-0.39, 0.29) is 0 Å². The van der Waals surface area contributed by atoms with E-state index in [1.54, 1.807) is 0 Å². The summed E-state index contributed by atoms with van der Waals surface area (Å²) < 4.78 is 0. The Morgan fingerprint density at radius 3 is 2.79 bits per heavy atom. The van der Waals surface area contributed by atoms with Crippen LogP contribution in [0.15, 0.2) is 0 Å². The Balaban J connectivity index is 2.19. The van der Waals surface area contributed by atoms with Gasteiger partial charge >= 0.3 is 0 Å². The highest BCUT2D eigenvalue weighted by atomic mass is 35.5. The Morgan fingerprint density at radius 1 is 1.36 bits per heavy atom. The molecule has 1 aliphatic heterocycles. The van der Waals surface area contributed by atoms with E-state index in [4.69, 9.17) is 11.6 Å². The van der Waals surface area contributed by atoms with E-state index in [2.05, 4.69) is 18.7 Å². The van der Waals surface area contributed by atoms with E-state index in [9.17, 15) is 0 Å². The zero-order chi connectivity index (χ0) is 10.4. The van der Waals surface area contributed by atoms with Crippen molar-refractivity contribution in [1.82, 2.24) is 4.90 Å². The van der Waals surface area contributed by atoms with Gasteiger partial charge < -0.3 is 0 Å². The molecule has 0 radical (unpaired) electrons. The van der Waals surface area contributed by atoms with Crippen molar-refractivity contribution in [3.05, 3.63) is 0 Å². The lowest BCUT2D eigenvalue weighted by Gasteiger charge is -2.34. The minimum Gasteiger partial charge on any atom is -0.299 e. The summed E-state index contributed by atoms with van der Waals surface area (Å²) in [6.45, 7) is 7.13. The number of piperidine rings is 1. The maximum Gasteiger partial charge on any atom is 0.0379 e. The van der Waals surface area contributed by atoms with Crippen molar-refractivity contribution in [3.8, 4) is 0 Å². The number of hydrogen-bond acceptors (Lipinski definition) is 1. The molecule has 0 spiro atoms. The molecular formula is C12H24ClN. The monoisotopic (exact) mass is 217 g/mol. The second-order valence-electron chi connectivity index (χ2n) is 4.88. The molecule has 0 amide bonds. The zero-order valence-corrected chi connectivity index (χ0v) is 10.4. The minimum absolute atomic E-state index is 0.664. The lowest BCUT2D eigenvalue weighted by molar-refractivity contribution is 0.158. The fraction of sp³-hybridized carbons (Fsp3) is 1.00. The largest absolute Gasteiger partial charge is 0.299 e. The summed E-state index contributed by atoms with van der Waals surface area (Å²) >= 11 is 5.97. The summed E-state index contributed by atoms with van der Waals surface area (Å²) in [5.74, 6) is 1.66. The molecule has 1 rings (SSSR count). The van der Waals surface area contributed by atoms with Crippen molar-refractivity contribution in [3.63, 3.8) is 0 Å².